The Balaban J connectivity index is 1.59. The number of carbonyl (C=O) groups excluding carboxylic acids is 1. The molecule has 0 aromatic carbocycles. The first-order chi connectivity index (χ1) is 10.1. The summed E-state index contributed by atoms with van der Waals surface area (Å²) >= 11 is 0. The second-order valence-electron chi connectivity index (χ2n) is 6.10. The zero-order valence-electron chi connectivity index (χ0n) is 12.6. The molecular formula is C16H26N2O3. The number of carbonyl (C=O) groups is 2. The maximum atomic E-state index is 11.9. The Morgan fingerprint density at radius 3 is 2.67 bits per heavy atom. The van der Waals surface area contributed by atoms with Gasteiger partial charge in [0.2, 0.25) is 5.91 Å². The van der Waals surface area contributed by atoms with Crippen LogP contribution in [0, 0.1) is 5.92 Å². The van der Waals surface area contributed by atoms with Gasteiger partial charge in [-0.25, -0.2) is 0 Å². The molecule has 0 aromatic rings. The summed E-state index contributed by atoms with van der Waals surface area (Å²) in [6, 6.07) is 0. The first-order valence-electron chi connectivity index (χ1n) is 8.05. The van der Waals surface area contributed by atoms with Gasteiger partial charge in [-0.3, -0.25) is 14.5 Å². The molecule has 0 aromatic heterocycles. The number of piperidine rings is 1. The smallest absolute Gasteiger partial charge is 0.306 e. The third-order valence-corrected chi connectivity index (χ3v) is 4.46. The summed E-state index contributed by atoms with van der Waals surface area (Å²) in [5.74, 6) is -0.886. The van der Waals surface area contributed by atoms with Crippen molar-refractivity contribution < 1.29 is 14.7 Å². The topological polar surface area (TPSA) is 69.6 Å². The Kier molecular flexibility index (Phi) is 6.23. The standard InChI is InChI=1S/C16H26N2O3/c19-15(17-9-6-13-4-2-1-3-5-13)12-18-10-7-14(8-11-18)16(20)21/h4,14H,1-3,5-12H2,(H,17,19)(H,20,21). The van der Waals surface area contributed by atoms with Gasteiger partial charge >= 0.3 is 5.97 Å². The molecule has 2 aliphatic rings. The van der Waals surface area contributed by atoms with Gasteiger partial charge < -0.3 is 10.4 Å². The van der Waals surface area contributed by atoms with E-state index in [1.54, 1.807) is 0 Å². The molecule has 1 aliphatic carbocycles. The number of carboxylic acid groups (broad SMARTS) is 1. The van der Waals surface area contributed by atoms with Crippen LogP contribution in [0.5, 0.6) is 0 Å². The highest BCUT2D eigenvalue weighted by Gasteiger charge is 2.25. The molecule has 1 fully saturated rings. The fraction of sp³-hybridized carbons (Fsp3) is 0.750. The van der Waals surface area contributed by atoms with Gasteiger partial charge in [-0.05, 0) is 58.0 Å². The fourth-order valence-electron chi connectivity index (χ4n) is 3.09. The molecule has 5 nitrogen and oxygen atoms in total. The average Bonchev–Trinajstić information content (AvgIpc) is 2.49. The quantitative estimate of drug-likeness (QED) is 0.733. The Morgan fingerprint density at radius 1 is 1.29 bits per heavy atom. The van der Waals surface area contributed by atoms with E-state index < -0.39 is 5.97 Å². The third-order valence-electron chi connectivity index (χ3n) is 4.46. The van der Waals surface area contributed by atoms with Gasteiger partial charge in [-0.15, -0.1) is 0 Å². The number of amides is 1. The number of hydrogen-bond acceptors (Lipinski definition) is 3. The molecule has 0 spiro atoms. The van der Waals surface area contributed by atoms with Crippen LogP contribution in [-0.2, 0) is 9.59 Å². The van der Waals surface area contributed by atoms with Crippen LogP contribution >= 0.6 is 0 Å². The van der Waals surface area contributed by atoms with E-state index in [1.807, 2.05) is 0 Å². The number of rotatable bonds is 6. The van der Waals surface area contributed by atoms with E-state index in [0.29, 0.717) is 32.5 Å². The molecule has 0 bridgehead atoms. The van der Waals surface area contributed by atoms with Gasteiger partial charge in [0.25, 0.3) is 0 Å². The Hall–Kier alpha value is -1.36. The number of aliphatic carboxylic acids is 1. The highest BCUT2D eigenvalue weighted by molar-refractivity contribution is 5.78. The van der Waals surface area contributed by atoms with Gasteiger partial charge in [-0.1, -0.05) is 11.6 Å². The summed E-state index contributed by atoms with van der Waals surface area (Å²) in [5.41, 5.74) is 1.48. The molecule has 118 valence electrons. The second kappa shape index (κ2) is 8.17. The van der Waals surface area contributed by atoms with Crippen LogP contribution in [0.3, 0.4) is 0 Å². The van der Waals surface area contributed by atoms with Crippen molar-refractivity contribution in [3.05, 3.63) is 11.6 Å². The highest BCUT2D eigenvalue weighted by atomic mass is 16.4. The SMILES string of the molecule is O=C(CN1CCC(C(=O)O)CC1)NCCC1=CCCCC1. The lowest BCUT2D eigenvalue weighted by Gasteiger charge is -2.29. The number of hydrogen-bond donors (Lipinski definition) is 2. The molecule has 21 heavy (non-hydrogen) atoms. The number of likely N-dealkylation sites (tertiary alicyclic amines) is 1. The predicted octanol–water partition coefficient (Wildman–Crippen LogP) is 1.79. The van der Waals surface area contributed by atoms with Crippen LogP contribution in [0.4, 0.5) is 0 Å². The summed E-state index contributed by atoms with van der Waals surface area (Å²) in [4.78, 5) is 24.8. The maximum Gasteiger partial charge on any atom is 0.306 e. The monoisotopic (exact) mass is 294 g/mol. The summed E-state index contributed by atoms with van der Waals surface area (Å²) in [5, 5.41) is 11.9. The zero-order chi connectivity index (χ0) is 15.1. The van der Waals surface area contributed by atoms with Crippen molar-refractivity contribution >= 4 is 11.9 Å². The Labute approximate surface area is 126 Å². The predicted molar refractivity (Wildman–Crippen MR) is 81.0 cm³/mol. The van der Waals surface area contributed by atoms with Crippen LogP contribution in [-0.4, -0.2) is 48.1 Å². The van der Waals surface area contributed by atoms with Gasteiger partial charge in [0.1, 0.15) is 0 Å². The van der Waals surface area contributed by atoms with Crippen molar-refractivity contribution in [2.24, 2.45) is 5.92 Å². The first-order valence-corrected chi connectivity index (χ1v) is 8.05. The van der Waals surface area contributed by atoms with Crippen molar-refractivity contribution in [1.29, 1.82) is 0 Å². The lowest BCUT2D eigenvalue weighted by atomic mass is 9.97. The van der Waals surface area contributed by atoms with Crippen molar-refractivity contribution in [1.82, 2.24) is 10.2 Å². The summed E-state index contributed by atoms with van der Waals surface area (Å²) < 4.78 is 0. The van der Waals surface area contributed by atoms with Crippen molar-refractivity contribution in [2.75, 3.05) is 26.2 Å². The van der Waals surface area contributed by atoms with Crippen LogP contribution in [0.2, 0.25) is 0 Å². The van der Waals surface area contributed by atoms with Crippen LogP contribution in [0.1, 0.15) is 44.9 Å². The van der Waals surface area contributed by atoms with E-state index in [4.69, 9.17) is 5.11 Å². The maximum absolute atomic E-state index is 11.9. The fourth-order valence-corrected chi connectivity index (χ4v) is 3.09. The first kappa shape index (κ1) is 16.0. The van der Waals surface area contributed by atoms with Gasteiger partial charge in [0, 0.05) is 6.54 Å². The third kappa shape index (κ3) is 5.50. The highest BCUT2D eigenvalue weighted by Crippen LogP contribution is 2.19. The lowest BCUT2D eigenvalue weighted by Crippen LogP contribution is -2.42. The molecule has 0 unspecified atom stereocenters. The zero-order valence-corrected chi connectivity index (χ0v) is 12.6. The van der Waals surface area contributed by atoms with E-state index in [0.717, 1.165) is 13.0 Å². The van der Waals surface area contributed by atoms with E-state index in [1.165, 1.54) is 31.3 Å². The van der Waals surface area contributed by atoms with Crippen molar-refractivity contribution in [2.45, 2.75) is 44.9 Å². The number of nitrogens with one attached hydrogen (secondary N) is 1. The molecule has 1 aliphatic heterocycles. The Bertz CT molecular complexity index is 398. The van der Waals surface area contributed by atoms with E-state index >= 15 is 0 Å². The summed E-state index contributed by atoms with van der Waals surface area (Å²) in [7, 11) is 0. The molecule has 0 saturated carbocycles. The van der Waals surface area contributed by atoms with Crippen LogP contribution in [0.25, 0.3) is 0 Å². The Morgan fingerprint density at radius 2 is 2.05 bits per heavy atom. The second-order valence-corrected chi connectivity index (χ2v) is 6.10. The van der Waals surface area contributed by atoms with E-state index in [9.17, 15) is 9.59 Å². The summed E-state index contributed by atoms with van der Waals surface area (Å²) in [6.45, 7) is 2.52. The van der Waals surface area contributed by atoms with E-state index in [2.05, 4.69) is 16.3 Å². The number of nitrogens with zero attached hydrogens (tertiary/aromatic N) is 1. The van der Waals surface area contributed by atoms with Gasteiger partial charge in [0.15, 0.2) is 0 Å². The minimum absolute atomic E-state index is 0.0557. The minimum atomic E-state index is -0.708. The molecule has 5 heteroatoms. The van der Waals surface area contributed by atoms with Crippen LogP contribution < -0.4 is 5.32 Å². The van der Waals surface area contributed by atoms with Crippen molar-refractivity contribution in [3.63, 3.8) is 0 Å². The number of allylic oxidation sites excluding steroid dienone is 1. The molecule has 1 heterocycles. The van der Waals surface area contributed by atoms with E-state index in [-0.39, 0.29) is 11.8 Å². The minimum Gasteiger partial charge on any atom is -0.481 e. The molecule has 2 N–H and O–H groups in total. The molecule has 1 amide bonds. The average molecular weight is 294 g/mol. The molecular weight excluding hydrogens is 268 g/mol. The number of carboxylic acids is 1. The van der Waals surface area contributed by atoms with Gasteiger partial charge in [0.05, 0.1) is 12.5 Å². The molecule has 1 saturated heterocycles. The molecule has 0 atom stereocenters. The largest absolute Gasteiger partial charge is 0.481 e. The normalized spacial score (nSPS) is 20.9. The molecule has 0 radical (unpaired) electrons. The van der Waals surface area contributed by atoms with Crippen molar-refractivity contribution in [3.8, 4) is 0 Å². The van der Waals surface area contributed by atoms with Crippen LogP contribution in [0.15, 0.2) is 11.6 Å². The molecule has 2 rings (SSSR count). The summed E-state index contributed by atoms with van der Waals surface area (Å²) in [6.07, 6.45) is 9.50. The van der Waals surface area contributed by atoms with Gasteiger partial charge in [-0.2, -0.15) is 0 Å². The lowest BCUT2D eigenvalue weighted by molar-refractivity contribution is -0.143.